The van der Waals surface area contributed by atoms with E-state index >= 15 is 0 Å². The highest BCUT2D eigenvalue weighted by Gasteiger charge is 2.08. The maximum atomic E-state index is 11.8. The zero-order valence-electron chi connectivity index (χ0n) is 10.8. The Labute approximate surface area is 131 Å². The summed E-state index contributed by atoms with van der Waals surface area (Å²) in [6.45, 7) is -0.182. The van der Waals surface area contributed by atoms with Crippen molar-refractivity contribution in [1.82, 2.24) is 0 Å². The molecule has 0 atom stereocenters. The van der Waals surface area contributed by atoms with Crippen LogP contribution in [0.25, 0.3) is 0 Å². The van der Waals surface area contributed by atoms with Gasteiger partial charge in [0.25, 0.3) is 5.91 Å². The van der Waals surface area contributed by atoms with Crippen LogP contribution in [-0.4, -0.2) is 12.5 Å². The van der Waals surface area contributed by atoms with Crippen LogP contribution in [0.3, 0.4) is 0 Å². The minimum Gasteiger partial charge on any atom is -0.484 e. The second kappa shape index (κ2) is 6.98. The van der Waals surface area contributed by atoms with Gasteiger partial charge in [-0.2, -0.15) is 5.26 Å². The van der Waals surface area contributed by atoms with Gasteiger partial charge in [0.05, 0.1) is 11.3 Å². The molecule has 2 aromatic rings. The molecule has 0 fully saturated rings. The van der Waals surface area contributed by atoms with Gasteiger partial charge in [-0.25, -0.2) is 0 Å². The molecule has 0 bridgehead atoms. The fourth-order valence-corrected chi connectivity index (χ4v) is 1.88. The van der Waals surface area contributed by atoms with Gasteiger partial charge in [-0.1, -0.05) is 23.2 Å². The number of anilines is 1. The normalized spacial score (nSPS) is 9.76. The van der Waals surface area contributed by atoms with E-state index in [1.807, 2.05) is 6.07 Å². The number of hydrogen-bond acceptors (Lipinski definition) is 3. The Morgan fingerprint density at radius 2 is 1.81 bits per heavy atom. The van der Waals surface area contributed by atoms with Crippen molar-refractivity contribution in [2.45, 2.75) is 0 Å². The SMILES string of the molecule is N#Cc1ccc(Cl)cc1NC(=O)COc1ccc(Cl)cc1. The fourth-order valence-electron chi connectivity index (χ4n) is 1.58. The molecule has 0 saturated heterocycles. The molecule has 1 amide bonds. The molecule has 0 heterocycles. The summed E-state index contributed by atoms with van der Waals surface area (Å²) in [6.07, 6.45) is 0. The summed E-state index contributed by atoms with van der Waals surface area (Å²) < 4.78 is 5.31. The molecule has 0 saturated carbocycles. The Kier molecular flexibility index (Phi) is 5.04. The molecule has 0 aliphatic carbocycles. The van der Waals surface area contributed by atoms with Gasteiger partial charge in [0.15, 0.2) is 6.61 Å². The van der Waals surface area contributed by atoms with E-state index in [0.29, 0.717) is 27.0 Å². The van der Waals surface area contributed by atoms with E-state index in [0.717, 1.165) is 0 Å². The number of halogens is 2. The topological polar surface area (TPSA) is 62.1 Å². The van der Waals surface area contributed by atoms with E-state index in [4.69, 9.17) is 33.2 Å². The largest absolute Gasteiger partial charge is 0.484 e. The number of hydrogen-bond donors (Lipinski definition) is 1. The van der Waals surface area contributed by atoms with Gasteiger partial charge in [0, 0.05) is 10.0 Å². The number of amides is 1. The van der Waals surface area contributed by atoms with Crippen molar-refractivity contribution in [3.8, 4) is 11.8 Å². The fraction of sp³-hybridized carbons (Fsp3) is 0.0667. The molecule has 0 radical (unpaired) electrons. The number of ether oxygens (including phenoxy) is 1. The van der Waals surface area contributed by atoms with Crippen LogP contribution in [0, 0.1) is 11.3 Å². The van der Waals surface area contributed by atoms with E-state index < -0.39 is 0 Å². The molecule has 6 heteroatoms. The van der Waals surface area contributed by atoms with Crippen LogP contribution in [0.4, 0.5) is 5.69 Å². The quantitative estimate of drug-likeness (QED) is 0.929. The predicted molar refractivity (Wildman–Crippen MR) is 81.7 cm³/mol. The van der Waals surface area contributed by atoms with Gasteiger partial charge in [-0.05, 0) is 42.5 Å². The molecule has 0 aromatic heterocycles. The smallest absolute Gasteiger partial charge is 0.262 e. The number of rotatable bonds is 4. The first-order chi connectivity index (χ1) is 10.1. The maximum Gasteiger partial charge on any atom is 0.262 e. The molecule has 0 spiro atoms. The molecule has 0 unspecified atom stereocenters. The van der Waals surface area contributed by atoms with E-state index in [1.54, 1.807) is 30.3 Å². The molecule has 4 nitrogen and oxygen atoms in total. The van der Waals surface area contributed by atoms with E-state index in [2.05, 4.69) is 5.32 Å². The number of benzene rings is 2. The zero-order chi connectivity index (χ0) is 15.2. The molecule has 2 aromatic carbocycles. The Hall–Kier alpha value is -2.22. The summed E-state index contributed by atoms with van der Waals surface area (Å²) in [6, 6.07) is 13.3. The number of nitriles is 1. The summed E-state index contributed by atoms with van der Waals surface area (Å²) >= 11 is 11.6. The lowest BCUT2D eigenvalue weighted by atomic mass is 10.2. The summed E-state index contributed by atoms with van der Waals surface area (Å²) in [5, 5.41) is 12.6. The minimum atomic E-state index is -0.385. The Bertz CT molecular complexity index is 694. The van der Waals surface area contributed by atoms with Gasteiger partial charge in [0.1, 0.15) is 11.8 Å². The summed E-state index contributed by atoms with van der Waals surface area (Å²) in [7, 11) is 0. The molecule has 106 valence electrons. The van der Waals surface area contributed by atoms with E-state index in [-0.39, 0.29) is 12.5 Å². The molecule has 0 aliphatic rings. The van der Waals surface area contributed by atoms with Gasteiger partial charge < -0.3 is 10.1 Å². The van der Waals surface area contributed by atoms with Crippen molar-refractivity contribution in [2.24, 2.45) is 0 Å². The number of carbonyl (C=O) groups is 1. The van der Waals surface area contributed by atoms with Crippen molar-refractivity contribution in [3.05, 3.63) is 58.1 Å². The summed E-state index contributed by atoms with van der Waals surface area (Å²) in [4.78, 5) is 11.8. The lowest BCUT2D eigenvalue weighted by molar-refractivity contribution is -0.118. The molecule has 0 aliphatic heterocycles. The van der Waals surface area contributed by atoms with Crippen LogP contribution in [-0.2, 0) is 4.79 Å². The average Bonchev–Trinajstić information content (AvgIpc) is 2.47. The number of carbonyl (C=O) groups excluding carboxylic acids is 1. The van der Waals surface area contributed by atoms with E-state index in [9.17, 15) is 4.79 Å². The highest BCUT2D eigenvalue weighted by Crippen LogP contribution is 2.20. The monoisotopic (exact) mass is 320 g/mol. The average molecular weight is 321 g/mol. The Morgan fingerprint density at radius 3 is 2.48 bits per heavy atom. The van der Waals surface area contributed by atoms with Gasteiger partial charge >= 0.3 is 0 Å². The third-order valence-electron chi connectivity index (χ3n) is 2.56. The molecule has 2 rings (SSSR count). The highest BCUT2D eigenvalue weighted by atomic mass is 35.5. The Balaban J connectivity index is 1.97. The molecule has 1 N–H and O–H groups in total. The second-order valence-corrected chi connectivity index (χ2v) is 4.97. The zero-order valence-corrected chi connectivity index (χ0v) is 12.3. The first-order valence-corrected chi connectivity index (χ1v) is 6.72. The van der Waals surface area contributed by atoms with Crippen molar-refractivity contribution in [1.29, 1.82) is 5.26 Å². The lowest BCUT2D eigenvalue weighted by Crippen LogP contribution is -2.20. The molecular weight excluding hydrogens is 311 g/mol. The van der Waals surface area contributed by atoms with Crippen molar-refractivity contribution >= 4 is 34.8 Å². The second-order valence-electron chi connectivity index (χ2n) is 4.09. The summed E-state index contributed by atoms with van der Waals surface area (Å²) in [5.41, 5.74) is 0.689. The van der Waals surface area contributed by atoms with Crippen molar-refractivity contribution in [2.75, 3.05) is 11.9 Å². The minimum absolute atomic E-state index is 0.182. The predicted octanol–water partition coefficient (Wildman–Crippen LogP) is 3.88. The first kappa shape index (κ1) is 15.2. The van der Waals surface area contributed by atoms with Crippen LogP contribution in [0.15, 0.2) is 42.5 Å². The van der Waals surface area contributed by atoms with Gasteiger partial charge in [0.2, 0.25) is 0 Å². The van der Waals surface area contributed by atoms with Crippen LogP contribution in [0.2, 0.25) is 10.0 Å². The third-order valence-corrected chi connectivity index (χ3v) is 3.05. The third kappa shape index (κ3) is 4.38. The molecule has 21 heavy (non-hydrogen) atoms. The van der Waals surface area contributed by atoms with Crippen molar-refractivity contribution < 1.29 is 9.53 Å². The number of nitrogens with one attached hydrogen (secondary N) is 1. The van der Waals surface area contributed by atoms with Crippen LogP contribution in [0.5, 0.6) is 5.75 Å². The standard InChI is InChI=1S/C15H10Cl2N2O2/c16-11-3-5-13(6-4-11)21-9-15(20)19-14-7-12(17)2-1-10(14)8-18/h1-7H,9H2,(H,19,20). The van der Waals surface area contributed by atoms with Crippen LogP contribution >= 0.6 is 23.2 Å². The van der Waals surface area contributed by atoms with Crippen LogP contribution in [0.1, 0.15) is 5.56 Å². The highest BCUT2D eigenvalue weighted by molar-refractivity contribution is 6.31. The van der Waals surface area contributed by atoms with E-state index in [1.165, 1.54) is 12.1 Å². The van der Waals surface area contributed by atoms with Crippen LogP contribution < -0.4 is 10.1 Å². The number of nitrogens with zero attached hydrogens (tertiary/aromatic N) is 1. The first-order valence-electron chi connectivity index (χ1n) is 5.96. The van der Waals surface area contributed by atoms with Gasteiger partial charge in [-0.15, -0.1) is 0 Å². The summed E-state index contributed by atoms with van der Waals surface area (Å²) in [5.74, 6) is 0.143. The maximum absolute atomic E-state index is 11.8. The lowest BCUT2D eigenvalue weighted by Gasteiger charge is -2.09. The van der Waals surface area contributed by atoms with Crippen molar-refractivity contribution in [3.63, 3.8) is 0 Å². The Morgan fingerprint density at radius 1 is 1.14 bits per heavy atom. The molecular formula is C15H10Cl2N2O2. The van der Waals surface area contributed by atoms with Gasteiger partial charge in [-0.3, -0.25) is 4.79 Å².